The van der Waals surface area contributed by atoms with E-state index in [0.717, 1.165) is 11.1 Å². The summed E-state index contributed by atoms with van der Waals surface area (Å²) in [6.07, 6.45) is 6.33. The van der Waals surface area contributed by atoms with E-state index in [-0.39, 0.29) is 18.1 Å². The highest BCUT2D eigenvalue weighted by atomic mass is 32.2. The molecule has 0 fully saturated rings. The van der Waals surface area contributed by atoms with E-state index in [1.807, 2.05) is 30.3 Å². The third-order valence-electron chi connectivity index (χ3n) is 4.49. The molecule has 2 rings (SSSR count). The van der Waals surface area contributed by atoms with Crippen molar-refractivity contribution in [1.82, 2.24) is 0 Å². The first-order valence-corrected chi connectivity index (χ1v) is 16.1. The Kier molecular flexibility index (Phi) is 10.2. The SMILES string of the molecule is Cc1ccc(S(=O)(=O)C(C(=O)OC/C=C/C#C[Si](C)(C)C)C(=O)OC/C=C/c2ccccc2)cc1. The largest absolute Gasteiger partial charge is 0.460 e. The van der Waals surface area contributed by atoms with E-state index in [2.05, 4.69) is 31.1 Å². The molecule has 0 N–H and O–H groups in total. The molecule has 0 saturated heterocycles. The predicted molar refractivity (Wildman–Crippen MR) is 140 cm³/mol. The number of aryl methyl sites for hydroxylation is 1. The number of hydrogen-bond acceptors (Lipinski definition) is 6. The van der Waals surface area contributed by atoms with E-state index >= 15 is 0 Å². The Hall–Kier alpha value is -3.41. The Morgan fingerprint density at radius 2 is 1.49 bits per heavy atom. The first kappa shape index (κ1) is 27.8. The Morgan fingerprint density at radius 3 is 2.06 bits per heavy atom. The van der Waals surface area contributed by atoms with Gasteiger partial charge in [0, 0.05) is 0 Å². The number of ether oxygens (including phenoxy) is 2. The molecular formula is C27H30O6SSi. The Bertz CT molecular complexity index is 1230. The first-order chi connectivity index (χ1) is 16.5. The second-order valence-electron chi connectivity index (χ2n) is 8.73. The van der Waals surface area contributed by atoms with Gasteiger partial charge in [-0.25, -0.2) is 18.0 Å². The predicted octanol–water partition coefficient (Wildman–Crippen LogP) is 4.37. The molecule has 1 atom stereocenters. The molecule has 184 valence electrons. The minimum atomic E-state index is -4.39. The molecule has 0 aromatic heterocycles. The zero-order valence-electron chi connectivity index (χ0n) is 20.4. The van der Waals surface area contributed by atoms with Gasteiger partial charge in [0.2, 0.25) is 9.84 Å². The molecule has 0 radical (unpaired) electrons. The summed E-state index contributed by atoms with van der Waals surface area (Å²) in [6.45, 7) is 7.65. The molecule has 8 heteroatoms. The number of allylic oxidation sites excluding steroid dienone is 1. The van der Waals surface area contributed by atoms with Gasteiger partial charge in [-0.1, -0.05) is 79.7 Å². The topological polar surface area (TPSA) is 86.7 Å². The third-order valence-corrected chi connectivity index (χ3v) is 7.32. The first-order valence-electron chi connectivity index (χ1n) is 11.0. The maximum absolute atomic E-state index is 13.2. The maximum atomic E-state index is 13.2. The number of esters is 2. The lowest BCUT2D eigenvalue weighted by atomic mass is 10.2. The average Bonchev–Trinajstić information content (AvgIpc) is 2.79. The van der Waals surface area contributed by atoms with Gasteiger partial charge in [-0.05, 0) is 42.8 Å². The van der Waals surface area contributed by atoms with Gasteiger partial charge in [-0.3, -0.25) is 0 Å². The van der Waals surface area contributed by atoms with Crippen LogP contribution in [0.5, 0.6) is 0 Å². The van der Waals surface area contributed by atoms with Gasteiger partial charge >= 0.3 is 11.9 Å². The van der Waals surface area contributed by atoms with Crippen LogP contribution in [0.2, 0.25) is 19.6 Å². The van der Waals surface area contributed by atoms with Crippen LogP contribution in [0.3, 0.4) is 0 Å². The highest BCUT2D eigenvalue weighted by Gasteiger charge is 2.43. The number of benzene rings is 2. The van der Waals surface area contributed by atoms with Crippen LogP contribution < -0.4 is 0 Å². The minimum Gasteiger partial charge on any atom is -0.460 e. The monoisotopic (exact) mass is 510 g/mol. The summed E-state index contributed by atoms with van der Waals surface area (Å²) in [4.78, 5) is 25.3. The van der Waals surface area contributed by atoms with Crippen LogP contribution in [0.15, 0.2) is 77.7 Å². The molecule has 0 heterocycles. The third kappa shape index (κ3) is 9.39. The average molecular weight is 511 g/mol. The van der Waals surface area contributed by atoms with Crippen molar-refractivity contribution < 1.29 is 27.5 Å². The molecule has 1 unspecified atom stereocenters. The van der Waals surface area contributed by atoms with Gasteiger partial charge < -0.3 is 9.47 Å². The van der Waals surface area contributed by atoms with Gasteiger partial charge in [0.15, 0.2) is 0 Å². The van der Waals surface area contributed by atoms with Gasteiger partial charge in [-0.15, -0.1) is 5.54 Å². The lowest BCUT2D eigenvalue weighted by Crippen LogP contribution is -2.40. The lowest BCUT2D eigenvalue weighted by molar-refractivity contribution is -0.152. The van der Waals surface area contributed by atoms with Crippen LogP contribution >= 0.6 is 0 Å². The Morgan fingerprint density at radius 1 is 0.914 bits per heavy atom. The fourth-order valence-electron chi connectivity index (χ4n) is 2.74. The van der Waals surface area contributed by atoms with Crippen molar-refractivity contribution in [1.29, 1.82) is 0 Å². The standard InChI is InChI=1S/C27H30O6SSi/c1-22-15-17-24(18-16-22)34(30,31)25(26(28)32-19-9-6-10-21-35(2,3)4)27(29)33-20-11-14-23-12-7-5-8-13-23/h5-9,11-18,25H,19-20H2,1-4H3/b9-6+,14-11+. The highest BCUT2D eigenvalue weighted by Crippen LogP contribution is 2.19. The van der Waals surface area contributed by atoms with E-state index in [1.54, 1.807) is 37.3 Å². The van der Waals surface area contributed by atoms with E-state index in [4.69, 9.17) is 9.47 Å². The van der Waals surface area contributed by atoms with Crippen LogP contribution in [-0.4, -0.2) is 46.9 Å². The van der Waals surface area contributed by atoms with Crippen LogP contribution in [0.1, 0.15) is 11.1 Å². The molecule has 0 spiro atoms. The normalized spacial score (nSPS) is 12.7. The summed E-state index contributed by atoms with van der Waals surface area (Å²) in [7, 11) is -5.93. The van der Waals surface area contributed by atoms with Crippen LogP contribution in [-0.2, 0) is 28.9 Å². The fraction of sp³-hybridized carbons (Fsp3) is 0.259. The summed E-state index contributed by atoms with van der Waals surface area (Å²) < 4.78 is 36.5. The zero-order valence-corrected chi connectivity index (χ0v) is 22.2. The number of carbonyl (C=O) groups is 2. The summed E-state index contributed by atoms with van der Waals surface area (Å²) in [5.41, 5.74) is 4.85. The van der Waals surface area contributed by atoms with Crippen molar-refractivity contribution in [2.75, 3.05) is 13.2 Å². The Labute approximate surface area is 208 Å². The molecule has 0 amide bonds. The van der Waals surface area contributed by atoms with Crippen molar-refractivity contribution in [2.45, 2.75) is 36.7 Å². The van der Waals surface area contributed by atoms with Gasteiger partial charge in [0.05, 0.1) is 4.90 Å². The number of hydrogen-bond donors (Lipinski definition) is 0. The highest BCUT2D eigenvalue weighted by molar-refractivity contribution is 7.93. The molecule has 6 nitrogen and oxygen atoms in total. The molecule has 0 aliphatic heterocycles. The van der Waals surface area contributed by atoms with E-state index < -0.39 is 35.1 Å². The molecular weight excluding hydrogens is 480 g/mol. The Balaban J connectivity index is 2.16. The molecule has 0 bridgehead atoms. The molecule has 0 aliphatic carbocycles. The lowest BCUT2D eigenvalue weighted by Gasteiger charge is -2.15. The van der Waals surface area contributed by atoms with Crippen LogP contribution in [0.25, 0.3) is 6.08 Å². The molecule has 2 aromatic rings. The van der Waals surface area contributed by atoms with Crippen molar-refractivity contribution >= 4 is 35.9 Å². The quantitative estimate of drug-likeness (QED) is 0.215. The smallest absolute Gasteiger partial charge is 0.336 e. The van der Waals surface area contributed by atoms with Gasteiger partial charge in [-0.2, -0.15) is 0 Å². The van der Waals surface area contributed by atoms with Gasteiger partial charge in [0.1, 0.15) is 21.3 Å². The number of carbonyl (C=O) groups excluding carboxylic acids is 2. The van der Waals surface area contributed by atoms with E-state index in [9.17, 15) is 18.0 Å². The summed E-state index contributed by atoms with van der Waals surface area (Å²) in [6, 6.07) is 15.2. The molecule has 0 aliphatic rings. The maximum Gasteiger partial charge on any atom is 0.336 e. The molecule has 0 saturated carbocycles. The second-order valence-corrected chi connectivity index (χ2v) is 15.5. The van der Waals surface area contributed by atoms with Crippen LogP contribution in [0.4, 0.5) is 0 Å². The van der Waals surface area contributed by atoms with Crippen LogP contribution in [0, 0.1) is 18.4 Å². The zero-order chi connectivity index (χ0) is 25.9. The van der Waals surface area contributed by atoms with E-state index in [0.29, 0.717) is 0 Å². The summed E-state index contributed by atoms with van der Waals surface area (Å²) in [5.74, 6) is 0.481. The summed E-state index contributed by atoms with van der Waals surface area (Å²) in [5, 5.41) is -2.14. The number of rotatable bonds is 9. The molecule has 35 heavy (non-hydrogen) atoms. The summed E-state index contributed by atoms with van der Waals surface area (Å²) >= 11 is 0. The minimum absolute atomic E-state index is 0.168. The van der Waals surface area contributed by atoms with E-state index in [1.165, 1.54) is 18.2 Å². The molecule has 2 aromatic carbocycles. The van der Waals surface area contributed by atoms with Crippen molar-refractivity contribution in [3.8, 4) is 11.5 Å². The van der Waals surface area contributed by atoms with Crippen molar-refractivity contribution in [3.63, 3.8) is 0 Å². The van der Waals surface area contributed by atoms with Crippen molar-refractivity contribution in [3.05, 3.63) is 84.0 Å². The number of sulfone groups is 1. The second kappa shape index (κ2) is 12.9. The van der Waals surface area contributed by atoms with Crippen molar-refractivity contribution in [2.24, 2.45) is 0 Å². The fourth-order valence-corrected chi connectivity index (χ4v) is 4.69. The van der Waals surface area contributed by atoms with Gasteiger partial charge in [0.25, 0.3) is 5.25 Å².